The Bertz CT molecular complexity index is 1350. The zero-order valence-corrected chi connectivity index (χ0v) is 37.6. The van der Waals surface area contributed by atoms with Crippen molar-refractivity contribution in [2.45, 2.75) is 138 Å². The molecule has 0 aromatic carbocycles. The van der Waals surface area contributed by atoms with Crippen molar-refractivity contribution in [2.75, 3.05) is 0 Å². The van der Waals surface area contributed by atoms with Gasteiger partial charge in [0.15, 0.2) is 5.78 Å². The molecule has 6 aliphatic carbocycles. The molecule has 0 amide bonds. The summed E-state index contributed by atoms with van der Waals surface area (Å²) in [5, 5.41) is 24.1. The maximum Gasteiger partial charge on any atom is 1.00 e. The molecule has 5 saturated carbocycles. The number of carboxylic acid groups (broad SMARTS) is 2. The van der Waals surface area contributed by atoms with E-state index >= 15 is 0 Å². The van der Waals surface area contributed by atoms with E-state index in [4.69, 9.17) is 4.74 Å². The van der Waals surface area contributed by atoms with Gasteiger partial charge in [0.25, 0.3) is 0 Å². The van der Waals surface area contributed by atoms with Gasteiger partial charge in [0.2, 0.25) is 0 Å². The van der Waals surface area contributed by atoms with Crippen LogP contribution in [0.3, 0.4) is 0 Å². The van der Waals surface area contributed by atoms with Gasteiger partial charge in [0.05, 0.1) is 5.92 Å². The van der Waals surface area contributed by atoms with Gasteiger partial charge in [-0.05, 0) is 110 Å². The molecule has 0 aromatic rings. The topological polar surface area (TPSA) is 124 Å². The summed E-state index contributed by atoms with van der Waals surface area (Å²) in [4.78, 5) is 52.1. The Morgan fingerprint density at radius 3 is 1.98 bits per heavy atom. The first-order valence-electron chi connectivity index (χ1n) is 17.7. The second kappa shape index (κ2) is 14.6. The average molecular weight is 692 g/mol. The third kappa shape index (κ3) is 6.41. The predicted octanol–water partition coefficient (Wildman–Crippen LogP) is -3.80. The second-order valence-corrected chi connectivity index (χ2v) is 18.1. The summed E-state index contributed by atoms with van der Waals surface area (Å²) < 4.78 is 6.24. The Balaban J connectivity index is 0.00000208. The summed E-state index contributed by atoms with van der Waals surface area (Å²) in [6, 6.07) is 0. The molecule has 0 heterocycles. The molecule has 48 heavy (non-hydrogen) atoms. The van der Waals surface area contributed by atoms with Crippen LogP contribution >= 0.6 is 0 Å². The number of aliphatic carboxylic acids is 2. The summed E-state index contributed by atoms with van der Waals surface area (Å²) in [6.45, 7) is 15.5. The van der Waals surface area contributed by atoms with Crippen LogP contribution in [0.25, 0.3) is 0 Å². The Kier molecular flexibility index (Phi) is 13.1. The molecule has 10 heteroatoms. The molecule has 0 bridgehead atoms. The molecule has 250 valence electrons. The first kappa shape index (κ1) is 43.2. The summed E-state index contributed by atoms with van der Waals surface area (Å²) in [6.07, 6.45) is 11.5. The number of fused-ring (bicyclic) bond motifs is 7. The molecule has 5 fully saturated rings. The zero-order chi connectivity index (χ0) is 33.0. The molecule has 11 atom stereocenters. The molecular formula is C38H54Na3O7+. The zero-order valence-electron chi connectivity index (χ0n) is 31.6. The van der Waals surface area contributed by atoms with E-state index in [0.29, 0.717) is 32.1 Å². The van der Waals surface area contributed by atoms with Crippen LogP contribution in [-0.2, 0) is 23.9 Å². The minimum absolute atomic E-state index is 0. The largest absolute Gasteiger partial charge is 1.00 e. The average Bonchev–Trinajstić information content (AvgIpc) is 2.96. The van der Waals surface area contributed by atoms with Crippen LogP contribution in [0.2, 0.25) is 0 Å². The number of allylic oxidation sites excluding steroid dienone is 2. The number of carbonyl (C=O) groups excluding carboxylic acids is 4. The van der Waals surface area contributed by atoms with Gasteiger partial charge in [0.1, 0.15) is 6.10 Å². The third-order valence-electron chi connectivity index (χ3n) is 15.6. The van der Waals surface area contributed by atoms with Crippen molar-refractivity contribution < 1.29 is 123 Å². The molecule has 0 saturated heterocycles. The van der Waals surface area contributed by atoms with Gasteiger partial charge in [-0.15, -0.1) is 0 Å². The number of rotatable bonds is 4. The maximum atomic E-state index is 14.6. The fourth-order valence-electron chi connectivity index (χ4n) is 12.5. The fraction of sp³-hybridized carbons (Fsp3) is 0.842. The van der Waals surface area contributed by atoms with Crippen molar-refractivity contribution in [1.82, 2.24) is 0 Å². The number of hydrogen-bond donors (Lipinski definition) is 0. The Hall–Kier alpha value is 0.820. The van der Waals surface area contributed by atoms with Gasteiger partial charge in [0, 0.05) is 34.6 Å². The summed E-state index contributed by atoms with van der Waals surface area (Å²) in [7, 11) is 0. The van der Waals surface area contributed by atoms with Gasteiger partial charge in [-0.25, -0.2) is 0 Å². The molecule has 6 aliphatic rings. The van der Waals surface area contributed by atoms with Crippen molar-refractivity contribution in [3.05, 3.63) is 11.6 Å². The molecular weight excluding hydrogens is 637 g/mol. The Morgan fingerprint density at radius 1 is 0.771 bits per heavy atom. The molecule has 2 unspecified atom stereocenters. The van der Waals surface area contributed by atoms with Crippen molar-refractivity contribution in [3.8, 4) is 0 Å². The third-order valence-corrected chi connectivity index (χ3v) is 15.6. The maximum absolute atomic E-state index is 14.6. The fourth-order valence-corrected chi connectivity index (χ4v) is 12.5. The molecule has 0 spiro atoms. The Morgan fingerprint density at radius 2 is 1.38 bits per heavy atom. The van der Waals surface area contributed by atoms with Crippen LogP contribution in [0.15, 0.2) is 11.6 Å². The molecule has 0 aromatic heterocycles. The number of hydrogen-bond acceptors (Lipinski definition) is 7. The Labute approximate surface area is 354 Å². The molecule has 7 nitrogen and oxygen atoms in total. The van der Waals surface area contributed by atoms with Gasteiger partial charge in [-0.2, -0.15) is 0 Å². The van der Waals surface area contributed by atoms with Gasteiger partial charge < -0.3 is 24.5 Å². The van der Waals surface area contributed by atoms with Crippen molar-refractivity contribution >= 4 is 23.7 Å². The standard InChI is InChI=1S/C38H56O7.3Na/c1-33(2)27-12-15-38(7)29(36(27,5)14-13-28(33)45-31(42)23-11-9-8-10-22(23)30(40)41)26(39)20-24-25-21-35(4,32(43)44)17-16-34(25,3)18-19-37(24,38)6;;;/h20,22-23,25,27-29H,8-19,21H2,1-7H3,(H,40,41)(H,43,44);;;/q;3*+1/p-2/t22?,23?,25-,27-,28-,29+,34+,35-,36-,37+,38+;;;/m0.../s1. The van der Waals surface area contributed by atoms with E-state index in [-0.39, 0.29) is 145 Å². The van der Waals surface area contributed by atoms with Crippen molar-refractivity contribution in [1.29, 1.82) is 0 Å². The quantitative estimate of drug-likeness (QED) is 0.219. The van der Waals surface area contributed by atoms with Crippen LogP contribution in [0.4, 0.5) is 0 Å². The second-order valence-electron chi connectivity index (χ2n) is 18.1. The number of carboxylic acids is 2. The van der Waals surface area contributed by atoms with Crippen molar-refractivity contribution in [2.24, 2.45) is 62.1 Å². The van der Waals surface area contributed by atoms with Gasteiger partial charge in [-0.3, -0.25) is 9.59 Å². The van der Waals surface area contributed by atoms with Crippen LogP contribution in [-0.4, -0.2) is 29.8 Å². The number of ether oxygens (including phenoxy) is 1. The first-order chi connectivity index (χ1) is 20.8. The molecule has 0 radical (unpaired) electrons. The SMILES string of the molecule is CC1(C)[C@@H](OC(=O)C2CCCCC2C(=O)[O-])CC[C@]2(C)[C@H]3C(=O)C=C4[C@@H]5C[C@@](C)(C(=O)[O-])CC[C@]5(C)CC[C@@]4(C)[C@]3(C)CC[C@@H]12.[Na+].[Na+].[Na+]. The normalized spacial score (nSPS) is 45.8. The minimum Gasteiger partial charge on any atom is -0.550 e. The van der Waals surface area contributed by atoms with Crippen LogP contribution in [0, 0.1) is 62.1 Å². The summed E-state index contributed by atoms with van der Waals surface area (Å²) in [5.74, 6) is -3.75. The number of ketones is 1. The molecule has 6 rings (SSSR count). The van der Waals surface area contributed by atoms with Gasteiger partial charge >= 0.3 is 94.6 Å². The van der Waals surface area contributed by atoms with E-state index in [1.165, 1.54) is 5.57 Å². The molecule has 0 aliphatic heterocycles. The summed E-state index contributed by atoms with van der Waals surface area (Å²) in [5.41, 5.74) is -0.847. The predicted molar refractivity (Wildman–Crippen MR) is 165 cm³/mol. The number of carbonyl (C=O) groups is 4. The van der Waals surface area contributed by atoms with Crippen LogP contribution in [0.5, 0.6) is 0 Å². The number of esters is 1. The van der Waals surface area contributed by atoms with E-state index < -0.39 is 35.2 Å². The van der Waals surface area contributed by atoms with Crippen molar-refractivity contribution in [3.63, 3.8) is 0 Å². The monoisotopic (exact) mass is 691 g/mol. The summed E-state index contributed by atoms with van der Waals surface area (Å²) >= 11 is 0. The van der Waals surface area contributed by atoms with E-state index in [2.05, 4.69) is 41.5 Å². The minimum atomic E-state index is -1.16. The van der Waals surface area contributed by atoms with E-state index in [9.17, 15) is 29.4 Å². The van der Waals surface area contributed by atoms with Crippen LogP contribution < -0.4 is 98.9 Å². The molecule has 0 N–H and O–H groups in total. The van der Waals surface area contributed by atoms with Gasteiger partial charge in [-0.1, -0.05) is 66.9 Å². The smallest absolute Gasteiger partial charge is 0.550 e. The first-order valence-corrected chi connectivity index (χ1v) is 17.7. The van der Waals surface area contributed by atoms with E-state index in [1.54, 1.807) is 0 Å². The van der Waals surface area contributed by atoms with Crippen LogP contribution in [0.1, 0.15) is 132 Å². The van der Waals surface area contributed by atoms with E-state index in [0.717, 1.165) is 51.4 Å². The van der Waals surface area contributed by atoms with E-state index in [1.807, 2.05) is 13.0 Å².